The number of aldehydes is 2. The molecule has 0 spiro atoms. The maximum absolute atomic E-state index is 9.79. The minimum absolute atomic E-state index is 0. The highest BCUT2D eigenvalue weighted by Gasteiger charge is 2.08. The van der Waals surface area contributed by atoms with Gasteiger partial charge < -0.3 is 42.0 Å². The van der Waals surface area contributed by atoms with Crippen LogP contribution in [-0.4, -0.2) is 103 Å². The van der Waals surface area contributed by atoms with Crippen LogP contribution in [0.5, 0.6) is 0 Å². The molecule has 0 saturated carbocycles. The number of carbonyl (C=O) groups is 4. The van der Waals surface area contributed by atoms with Crippen molar-refractivity contribution in [1.29, 1.82) is 0 Å². The third kappa shape index (κ3) is 852. The first-order chi connectivity index (χ1) is 10.5. The van der Waals surface area contributed by atoms with Crippen LogP contribution >= 0.6 is 0 Å². The van der Waals surface area contributed by atoms with Gasteiger partial charge in [0.2, 0.25) is 0 Å². The molecule has 0 aliphatic heterocycles. The SMILES string of the molecule is C.C.C.C.C.C.C.C.C.CC.CO.CO.CO.COC.O.O.O.O.O=C=O.O=CC(=O)C(=O)C=O. The van der Waals surface area contributed by atoms with Gasteiger partial charge in [0.25, 0.3) is 11.6 Å². The lowest BCUT2D eigenvalue weighted by atomic mass is 10.3. The summed E-state index contributed by atoms with van der Waals surface area (Å²) in [6.07, 6.45) is -0.145. The molecule has 0 saturated heterocycles. The van der Waals surface area contributed by atoms with E-state index in [0.29, 0.717) is 0 Å². The maximum atomic E-state index is 9.79. The monoisotopic (exact) mass is 546 g/mol. The van der Waals surface area contributed by atoms with Crippen molar-refractivity contribution in [2.75, 3.05) is 35.5 Å². The van der Waals surface area contributed by atoms with Gasteiger partial charge in [0.15, 0.2) is 12.6 Å². The fourth-order valence-corrected chi connectivity index (χ4v) is 0.116. The molecular formula is C21H70O14. The number of carbonyl (C=O) groups excluding carboxylic acids is 6. The lowest BCUT2D eigenvalue weighted by Gasteiger charge is -1.72. The van der Waals surface area contributed by atoms with E-state index in [0.717, 1.165) is 21.3 Å². The molecule has 0 aliphatic carbocycles. The average molecular weight is 547 g/mol. The first-order valence-corrected chi connectivity index (χ1v) is 5.27. The highest BCUT2D eigenvalue weighted by molar-refractivity contribution is 6.70. The van der Waals surface area contributed by atoms with E-state index in [4.69, 9.17) is 24.9 Å². The Bertz CT molecular complexity index is 226. The second-order valence-electron chi connectivity index (χ2n) is 1.46. The first kappa shape index (κ1) is 203. The molecule has 14 nitrogen and oxygen atoms in total. The summed E-state index contributed by atoms with van der Waals surface area (Å²) in [5, 5.41) is 21.0. The van der Waals surface area contributed by atoms with E-state index in [1.54, 1.807) is 14.2 Å². The first-order valence-electron chi connectivity index (χ1n) is 5.27. The summed E-state index contributed by atoms with van der Waals surface area (Å²) in [5.74, 6) is -2.61. The lowest BCUT2D eigenvalue weighted by Crippen LogP contribution is -2.15. The summed E-state index contributed by atoms with van der Waals surface area (Å²) < 4.78 is 4.25. The summed E-state index contributed by atoms with van der Waals surface area (Å²) in [7, 11) is 6.25. The zero-order valence-electron chi connectivity index (χ0n) is 15.9. The minimum atomic E-state index is -1.31. The van der Waals surface area contributed by atoms with Gasteiger partial charge in [-0.15, -0.1) is 0 Å². The molecule has 0 amide bonds. The van der Waals surface area contributed by atoms with Gasteiger partial charge in [-0.3, -0.25) is 19.2 Å². The molecule has 0 aromatic carbocycles. The Morgan fingerprint density at radius 2 is 0.600 bits per heavy atom. The summed E-state index contributed by atoms with van der Waals surface area (Å²) >= 11 is 0. The molecule has 14 heteroatoms. The highest BCUT2D eigenvalue weighted by Crippen LogP contribution is 1.63. The van der Waals surface area contributed by atoms with Crippen molar-refractivity contribution in [2.24, 2.45) is 0 Å². The van der Waals surface area contributed by atoms with Crippen LogP contribution in [0.1, 0.15) is 80.7 Å². The van der Waals surface area contributed by atoms with Crippen LogP contribution in [0.15, 0.2) is 0 Å². The van der Waals surface area contributed by atoms with Gasteiger partial charge >= 0.3 is 6.15 Å². The number of Topliss-reactive ketones (excluding diaryl/α,β-unsaturated/α-hetero) is 2. The van der Waals surface area contributed by atoms with Crippen molar-refractivity contribution in [1.82, 2.24) is 0 Å². The van der Waals surface area contributed by atoms with E-state index in [1.807, 2.05) is 13.8 Å². The number of methoxy groups -OCH3 is 1. The molecule has 0 atom stereocenters. The topological polar surface area (TPSA) is 298 Å². The predicted octanol–water partition coefficient (Wildman–Crippen LogP) is 0.479. The maximum Gasteiger partial charge on any atom is 0.373 e. The van der Waals surface area contributed by atoms with Crippen LogP contribution in [0, 0.1) is 0 Å². The zero-order chi connectivity index (χ0) is 20.0. The molecule has 0 aromatic rings. The fourth-order valence-electron chi connectivity index (χ4n) is 0.116. The van der Waals surface area contributed by atoms with Crippen LogP contribution in [0.3, 0.4) is 0 Å². The smallest absolute Gasteiger partial charge is 0.373 e. The van der Waals surface area contributed by atoms with Crippen molar-refractivity contribution in [3.05, 3.63) is 0 Å². The number of ether oxygens (including phenoxy) is 1. The van der Waals surface area contributed by atoms with Crippen LogP contribution in [0.2, 0.25) is 0 Å². The van der Waals surface area contributed by atoms with Crippen molar-refractivity contribution in [3.63, 3.8) is 0 Å². The van der Waals surface area contributed by atoms with Crippen molar-refractivity contribution >= 4 is 30.3 Å². The number of hydrogen-bond donors (Lipinski definition) is 3. The third-order valence-corrected chi connectivity index (χ3v) is 0.457. The van der Waals surface area contributed by atoms with E-state index < -0.39 is 11.6 Å². The molecule has 11 N–H and O–H groups in total. The molecule has 0 bridgehead atoms. The van der Waals surface area contributed by atoms with Gasteiger partial charge in [-0.05, 0) is 0 Å². The zero-order valence-corrected chi connectivity index (χ0v) is 15.9. The molecule has 35 heavy (non-hydrogen) atoms. The van der Waals surface area contributed by atoms with Crippen molar-refractivity contribution in [3.8, 4) is 0 Å². The van der Waals surface area contributed by atoms with Crippen LogP contribution < -0.4 is 0 Å². The molecular weight excluding hydrogens is 476 g/mol. The summed E-state index contributed by atoms with van der Waals surface area (Å²) in [6, 6.07) is 0. The van der Waals surface area contributed by atoms with E-state index in [-0.39, 0.29) is 107 Å². The Kier molecular flexibility index (Phi) is 2910. The Balaban J connectivity index is -0.00000000421. The largest absolute Gasteiger partial charge is 0.412 e. The molecule has 0 aromatic heterocycles. The fraction of sp³-hybridized carbons (Fsp3) is 0.762. The predicted molar refractivity (Wildman–Crippen MR) is 151 cm³/mol. The summed E-state index contributed by atoms with van der Waals surface area (Å²) in [6.45, 7) is 4.00. The van der Waals surface area contributed by atoms with Gasteiger partial charge in [0.05, 0.1) is 0 Å². The molecule has 0 heterocycles. The van der Waals surface area contributed by atoms with Gasteiger partial charge in [0, 0.05) is 35.5 Å². The average Bonchev–Trinajstić information content (AvgIpc) is 2.62. The lowest BCUT2D eigenvalue weighted by molar-refractivity contribution is -0.191. The van der Waals surface area contributed by atoms with E-state index >= 15 is 0 Å². The van der Waals surface area contributed by atoms with Crippen molar-refractivity contribution < 1.29 is 70.7 Å². The quantitative estimate of drug-likeness (QED) is 0.249. The van der Waals surface area contributed by atoms with Crippen LogP contribution in [0.4, 0.5) is 0 Å². The van der Waals surface area contributed by atoms with Crippen LogP contribution in [-0.2, 0) is 33.5 Å². The summed E-state index contributed by atoms with van der Waals surface area (Å²) in [5.41, 5.74) is 0. The molecule has 0 unspecified atom stereocenters. The number of rotatable bonds is 3. The second-order valence-corrected chi connectivity index (χ2v) is 1.46. The van der Waals surface area contributed by atoms with E-state index in [9.17, 15) is 19.2 Å². The number of aliphatic hydroxyl groups excluding tert-OH is 3. The van der Waals surface area contributed by atoms with Gasteiger partial charge in [-0.1, -0.05) is 80.7 Å². The van der Waals surface area contributed by atoms with Gasteiger partial charge in [-0.25, -0.2) is 0 Å². The minimum Gasteiger partial charge on any atom is -0.412 e. The number of ketones is 2. The van der Waals surface area contributed by atoms with Gasteiger partial charge in [-0.2, -0.15) is 9.59 Å². The van der Waals surface area contributed by atoms with Crippen LogP contribution in [0.25, 0.3) is 0 Å². The van der Waals surface area contributed by atoms with E-state index in [1.165, 1.54) is 0 Å². The van der Waals surface area contributed by atoms with E-state index in [2.05, 4.69) is 4.74 Å². The summed E-state index contributed by atoms with van der Waals surface area (Å²) in [4.78, 5) is 54.6. The molecule has 0 aliphatic rings. The normalized spacial score (nSPS) is 3.14. The second kappa shape index (κ2) is 501. The van der Waals surface area contributed by atoms with Crippen molar-refractivity contribution in [2.45, 2.75) is 80.7 Å². The number of hydrogen-bond acceptors (Lipinski definition) is 10. The Labute approximate surface area is 218 Å². The molecule has 0 rings (SSSR count). The standard InChI is InChI=1S/C4H2O4.C2H6O.C2H6.CO2.3CH4O.9CH4.4H2O/c5-1-3(7)4(8)2-6;1-3-2;1-2;2-1-3;3*1-2;;;;;;;;;;;;;/h1-2H;1-2H3;1-2H3;;3*2H,1H3;9*1H4;4*1H2. The Morgan fingerprint density at radius 1 is 0.543 bits per heavy atom. The molecule has 0 radical (unpaired) electrons. The van der Waals surface area contributed by atoms with Gasteiger partial charge in [0.1, 0.15) is 0 Å². The Hall–Kier alpha value is -2.26. The molecule has 238 valence electrons. The third-order valence-electron chi connectivity index (χ3n) is 0.457. The Morgan fingerprint density at radius 3 is 0.629 bits per heavy atom. The molecule has 0 fully saturated rings. The number of aliphatic hydroxyl groups is 3. The highest BCUT2D eigenvalue weighted by atomic mass is 16.4.